The summed E-state index contributed by atoms with van der Waals surface area (Å²) in [7, 11) is 0. The summed E-state index contributed by atoms with van der Waals surface area (Å²) >= 11 is 0. The predicted molar refractivity (Wildman–Crippen MR) is 64.3 cm³/mol. The lowest BCUT2D eigenvalue weighted by atomic mass is 9.95. The highest BCUT2D eigenvalue weighted by molar-refractivity contribution is 5.43. The summed E-state index contributed by atoms with van der Waals surface area (Å²) < 4.78 is 5.59. The molecule has 0 unspecified atom stereocenters. The van der Waals surface area contributed by atoms with E-state index in [1.807, 2.05) is 6.92 Å². The molecule has 2 nitrogen and oxygen atoms in total. The highest BCUT2D eigenvalue weighted by Crippen LogP contribution is 2.28. The first kappa shape index (κ1) is 12.1. The molecular weight excluding hydrogens is 186 g/mol. The summed E-state index contributed by atoms with van der Waals surface area (Å²) in [5.41, 5.74) is 9.43. The molecule has 15 heavy (non-hydrogen) atoms. The van der Waals surface area contributed by atoms with E-state index in [1.165, 1.54) is 16.7 Å². The zero-order valence-corrected chi connectivity index (χ0v) is 10.1. The van der Waals surface area contributed by atoms with Gasteiger partial charge in [0.2, 0.25) is 0 Å². The molecule has 1 aromatic rings. The third-order valence-corrected chi connectivity index (χ3v) is 2.58. The van der Waals surface area contributed by atoms with E-state index in [2.05, 4.69) is 32.9 Å². The van der Waals surface area contributed by atoms with E-state index in [0.29, 0.717) is 19.1 Å². The highest BCUT2D eigenvalue weighted by atomic mass is 16.5. The van der Waals surface area contributed by atoms with E-state index in [0.717, 1.165) is 5.75 Å². The van der Waals surface area contributed by atoms with Crippen molar-refractivity contribution in [1.29, 1.82) is 0 Å². The first-order chi connectivity index (χ1) is 7.10. The van der Waals surface area contributed by atoms with Gasteiger partial charge >= 0.3 is 0 Å². The Balaban J connectivity index is 3.17. The monoisotopic (exact) mass is 207 g/mol. The number of ether oxygens (including phenoxy) is 1. The van der Waals surface area contributed by atoms with Gasteiger partial charge in [-0.1, -0.05) is 19.9 Å². The molecule has 1 aromatic carbocycles. The lowest BCUT2D eigenvalue weighted by Gasteiger charge is -2.16. The number of aryl methyl sites for hydroxylation is 1. The van der Waals surface area contributed by atoms with Gasteiger partial charge in [0.1, 0.15) is 5.75 Å². The minimum absolute atomic E-state index is 0.489. The second-order valence-electron chi connectivity index (χ2n) is 4.11. The van der Waals surface area contributed by atoms with Gasteiger partial charge in [-0.15, -0.1) is 0 Å². The van der Waals surface area contributed by atoms with Crippen LogP contribution >= 0.6 is 0 Å². The summed E-state index contributed by atoms with van der Waals surface area (Å²) in [5, 5.41) is 0. The van der Waals surface area contributed by atoms with Crippen LogP contribution in [0.25, 0.3) is 0 Å². The van der Waals surface area contributed by atoms with Crippen LogP contribution in [-0.4, -0.2) is 6.61 Å². The van der Waals surface area contributed by atoms with Crippen molar-refractivity contribution in [1.82, 2.24) is 0 Å². The van der Waals surface area contributed by atoms with Crippen LogP contribution in [-0.2, 0) is 6.54 Å². The van der Waals surface area contributed by atoms with Crippen molar-refractivity contribution < 1.29 is 4.74 Å². The number of benzene rings is 1. The van der Waals surface area contributed by atoms with Crippen LogP contribution < -0.4 is 10.5 Å². The predicted octanol–water partition coefficient (Wildman–Crippen LogP) is 2.98. The van der Waals surface area contributed by atoms with Crippen molar-refractivity contribution in [2.24, 2.45) is 5.73 Å². The molecule has 0 aliphatic rings. The molecule has 0 aliphatic heterocycles. The van der Waals surface area contributed by atoms with Gasteiger partial charge in [-0.2, -0.15) is 0 Å². The topological polar surface area (TPSA) is 35.2 Å². The van der Waals surface area contributed by atoms with Gasteiger partial charge < -0.3 is 10.5 Å². The van der Waals surface area contributed by atoms with Gasteiger partial charge in [-0.05, 0) is 42.5 Å². The van der Waals surface area contributed by atoms with Gasteiger partial charge in [0.25, 0.3) is 0 Å². The van der Waals surface area contributed by atoms with Crippen LogP contribution in [0.5, 0.6) is 5.75 Å². The molecule has 0 aliphatic carbocycles. The maximum atomic E-state index is 5.74. The summed E-state index contributed by atoms with van der Waals surface area (Å²) in [6.07, 6.45) is 0. The van der Waals surface area contributed by atoms with Crippen LogP contribution in [0, 0.1) is 6.92 Å². The van der Waals surface area contributed by atoms with Crippen LogP contribution in [0.3, 0.4) is 0 Å². The normalized spacial score (nSPS) is 10.8. The molecule has 2 heteroatoms. The van der Waals surface area contributed by atoms with Gasteiger partial charge in [0.15, 0.2) is 0 Å². The Kier molecular flexibility index (Phi) is 4.15. The van der Waals surface area contributed by atoms with Crippen LogP contribution in [0.1, 0.15) is 43.4 Å². The third kappa shape index (κ3) is 2.72. The molecule has 0 atom stereocenters. The number of nitrogens with two attached hydrogens (primary N) is 1. The van der Waals surface area contributed by atoms with Gasteiger partial charge in [-0.3, -0.25) is 0 Å². The van der Waals surface area contributed by atoms with E-state index >= 15 is 0 Å². The Hall–Kier alpha value is -1.02. The quantitative estimate of drug-likeness (QED) is 0.823. The van der Waals surface area contributed by atoms with E-state index in [9.17, 15) is 0 Å². The standard InChI is InChI=1S/C13H21NO/c1-5-15-13-7-12(9(2)3)11(8-14)6-10(13)4/h6-7,9H,5,8,14H2,1-4H3. The Morgan fingerprint density at radius 2 is 2.00 bits per heavy atom. The first-order valence-corrected chi connectivity index (χ1v) is 5.56. The van der Waals surface area contributed by atoms with Crippen molar-refractivity contribution in [3.8, 4) is 5.75 Å². The van der Waals surface area contributed by atoms with Crippen molar-refractivity contribution in [3.05, 3.63) is 28.8 Å². The number of rotatable bonds is 4. The zero-order valence-electron chi connectivity index (χ0n) is 10.1. The summed E-state index contributed by atoms with van der Waals surface area (Å²) in [5.74, 6) is 1.47. The molecule has 0 bridgehead atoms. The smallest absolute Gasteiger partial charge is 0.122 e. The molecule has 0 heterocycles. The van der Waals surface area contributed by atoms with Crippen molar-refractivity contribution in [2.45, 2.75) is 40.2 Å². The minimum Gasteiger partial charge on any atom is -0.494 e. The molecule has 0 saturated heterocycles. The number of hydrogen-bond donors (Lipinski definition) is 1. The largest absolute Gasteiger partial charge is 0.494 e. The Bertz CT molecular complexity index is 332. The molecule has 0 fully saturated rings. The fourth-order valence-corrected chi connectivity index (χ4v) is 1.79. The maximum Gasteiger partial charge on any atom is 0.122 e. The molecule has 1 rings (SSSR count). The van der Waals surface area contributed by atoms with Gasteiger partial charge in [0, 0.05) is 6.54 Å². The third-order valence-electron chi connectivity index (χ3n) is 2.58. The average Bonchev–Trinajstić information content (AvgIpc) is 2.20. The fraction of sp³-hybridized carbons (Fsp3) is 0.538. The lowest BCUT2D eigenvalue weighted by molar-refractivity contribution is 0.337. The molecule has 2 N–H and O–H groups in total. The summed E-state index contributed by atoms with van der Waals surface area (Å²) in [4.78, 5) is 0. The van der Waals surface area contributed by atoms with E-state index < -0.39 is 0 Å². The van der Waals surface area contributed by atoms with E-state index in [4.69, 9.17) is 10.5 Å². The molecule has 0 spiro atoms. The molecule has 0 amide bonds. The molecule has 84 valence electrons. The molecule has 0 radical (unpaired) electrons. The second kappa shape index (κ2) is 5.17. The lowest BCUT2D eigenvalue weighted by Crippen LogP contribution is -2.05. The van der Waals surface area contributed by atoms with Crippen LogP contribution in [0.4, 0.5) is 0 Å². The Morgan fingerprint density at radius 3 is 2.47 bits per heavy atom. The minimum atomic E-state index is 0.489. The second-order valence-corrected chi connectivity index (χ2v) is 4.11. The van der Waals surface area contributed by atoms with Crippen LogP contribution in [0.2, 0.25) is 0 Å². The fourth-order valence-electron chi connectivity index (χ4n) is 1.79. The van der Waals surface area contributed by atoms with E-state index in [1.54, 1.807) is 0 Å². The van der Waals surface area contributed by atoms with Gasteiger partial charge in [0.05, 0.1) is 6.61 Å². The average molecular weight is 207 g/mol. The summed E-state index contributed by atoms with van der Waals surface area (Å²) in [6, 6.07) is 4.27. The molecule has 0 aromatic heterocycles. The molecule has 0 saturated carbocycles. The van der Waals surface area contributed by atoms with Crippen molar-refractivity contribution in [2.75, 3.05) is 6.61 Å². The summed E-state index contributed by atoms with van der Waals surface area (Å²) in [6.45, 7) is 9.74. The van der Waals surface area contributed by atoms with Crippen LogP contribution in [0.15, 0.2) is 12.1 Å². The van der Waals surface area contributed by atoms with E-state index in [-0.39, 0.29) is 0 Å². The maximum absolute atomic E-state index is 5.74. The Morgan fingerprint density at radius 1 is 1.33 bits per heavy atom. The first-order valence-electron chi connectivity index (χ1n) is 5.56. The number of hydrogen-bond acceptors (Lipinski definition) is 2. The van der Waals surface area contributed by atoms with Gasteiger partial charge in [-0.25, -0.2) is 0 Å². The van der Waals surface area contributed by atoms with Crippen molar-refractivity contribution >= 4 is 0 Å². The Labute approximate surface area is 92.4 Å². The SMILES string of the molecule is CCOc1cc(C(C)C)c(CN)cc1C. The van der Waals surface area contributed by atoms with Crippen molar-refractivity contribution in [3.63, 3.8) is 0 Å². The molecular formula is C13H21NO. The highest BCUT2D eigenvalue weighted by Gasteiger charge is 2.09. The zero-order chi connectivity index (χ0) is 11.4.